The van der Waals surface area contributed by atoms with Gasteiger partial charge >= 0.3 is 11.9 Å². The molecule has 20 heavy (non-hydrogen) atoms. The van der Waals surface area contributed by atoms with Gasteiger partial charge in [0.15, 0.2) is 0 Å². The number of aryl methyl sites for hydroxylation is 1. The van der Waals surface area contributed by atoms with Gasteiger partial charge in [0.05, 0.1) is 12.1 Å². The number of carboxylic acids is 2. The van der Waals surface area contributed by atoms with Crippen molar-refractivity contribution in [1.29, 1.82) is 0 Å². The lowest BCUT2D eigenvalue weighted by atomic mass is 10.1. The van der Waals surface area contributed by atoms with E-state index in [4.69, 9.17) is 14.6 Å². The Bertz CT molecular complexity index is 659. The second-order valence-electron chi connectivity index (χ2n) is 4.26. The van der Waals surface area contributed by atoms with Gasteiger partial charge < -0.3 is 19.9 Å². The molecule has 0 saturated carbocycles. The van der Waals surface area contributed by atoms with Gasteiger partial charge in [0.2, 0.25) is 5.76 Å². The zero-order valence-corrected chi connectivity index (χ0v) is 10.7. The van der Waals surface area contributed by atoms with E-state index in [-0.39, 0.29) is 11.3 Å². The minimum Gasteiger partial charge on any atom is -0.478 e. The lowest BCUT2D eigenvalue weighted by molar-refractivity contribution is 0.0658. The van der Waals surface area contributed by atoms with Gasteiger partial charge in [-0.2, -0.15) is 0 Å². The molecule has 1 heterocycles. The third kappa shape index (κ3) is 2.97. The van der Waals surface area contributed by atoms with Crippen LogP contribution in [0.2, 0.25) is 0 Å². The van der Waals surface area contributed by atoms with Crippen molar-refractivity contribution in [3.05, 3.63) is 53.0 Å². The highest BCUT2D eigenvalue weighted by Gasteiger charge is 2.09. The third-order valence-corrected chi connectivity index (χ3v) is 2.80. The molecule has 2 aromatic rings. The van der Waals surface area contributed by atoms with Crippen LogP contribution in [-0.2, 0) is 6.54 Å². The fourth-order valence-corrected chi connectivity index (χ4v) is 1.77. The number of aromatic carboxylic acids is 2. The largest absolute Gasteiger partial charge is 0.478 e. The minimum atomic E-state index is -1.11. The first kappa shape index (κ1) is 13.7. The van der Waals surface area contributed by atoms with Crippen molar-refractivity contribution >= 4 is 17.6 Å². The van der Waals surface area contributed by atoms with Crippen molar-refractivity contribution < 1.29 is 24.2 Å². The number of hydrogen-bond acceptors (Lipinski definition) is 4. The van der Waals surface area contributed by atoms with Gasteiger partial charge in [0, 0.05) is 5.69 Å². The first-order valence-electron chi connectivity index (χ1n) is 5.87. The maximum Gasteiger partial charge on any atom is 0.371 e. The Labute approximate surface area is 114 Å². The molecule has 6 heteroatoms. The summed E-state index contributed by atoms with van der Waals surface area (Å²) in [5.74, 6) is -1.71. The number of furan rings is 1. The number of rotatable bonds is 5. The molecule has 2 rings (SSSR count). The topological polar surface area (TPSA) is 99.8 Å². The summed E-state index contributed by atoms with van der Waals surface area (Å²) in [4.78, 5) is 21.5. The molecule has 1 aromatic carbocycles. The van der Waals surface area contributed by atoms with Crippen molar-refractivity contribution in [3.63, 3.8) is 0 Å². The van der Waals surface area contributed by atoms with Crippen molar-refractivity contribution in [2.24, 2.45) is 0 Å². The molecular formula is C14H13NO5. The first-order valence-corrected chi connectivity index (χ1v) is 5.87. The SMILES string of the molecule is Cc1cc(C(=O)O)ccc1NCc1ccc(C(=O)O)o1. The summed E-state index contributed by atoms with van der Waals surface area (Å²) in [5.41, 5.74) is 1.78. The van der Waals surface area contributed by atoms with Crippen LogP contribution in [0.1, 0.15) is 32.2 Å². The Morgan fingerprint density at radius 3 is 2.45 bits per heavy atom. The number of hydrogen-bond donors (Lipinski definition) is 3. The number of benzene rings is 1. The van der Waals surface area contributed by atoms with Crippen LogP contribution in [-0.4, -0.2) is 22.2 Å². The van der Waals surface area contributed by atoms with Crippen LogP contribution in [0.25, 0.3) is 0 Å². The normalized spacial score (nSPS) is 10.2. The van der Waals surface area contributed by atoms with E-state index in [0.29, 0.717) is 12.3 Å². The van der Waals surface area contributed by atoms with Gasteiger partial charge in [0.1, 0.15) is 5.76 Å². The van der Waals surface area contributed by atoms with E-state index in [1.54, 1.807) is 25.1 Å². The van der Waals surface area contributed by atoms with E-state index in [1.807, 2.05) is 0 Å². The van der Waals surface area contributed by atoms with Crippen molar-refractivity contribution in [2.75, 3.05) is 5.32 Å². The van der Waals surface area contributed by atoms with Gasteiger partial charge in [-0.25, -0.2) is 9.59 Å². The summed E-state index contributed by atoms with van der Waals surface area (Å²) >= 11 is 0. The highest BCUT2D eigenvalue weighted by atomic mass is 16.4. The van der Waals surface area contributed by atoms with Gasteiger partial charge in [-0.05, 0) is 42.8 Å². The molecule has 0 spiro atoms. The zero-order chi connectivity index (χ0) is 14.7. The molecule has 1 aromatic heterocycles. The summed E-state index contributed by atoms with van der Waals surface area (Å²) in [6, 6.07) is 7.70. The fraction of sp³-hybridized carbons (Fsp3) is 0.143. The molecule has 0 radical (unpaired) electrons. The fourth-order valence-electron chi connectivity index (χ4n) is 1.77. The molecule has 0 saturated heterocycles. The molecule has 0 bridgehead atoms. The molecule has 0 atom stereocenters. The van der Waals surface area contributed by atoms with Crippen LogP contribution < -0.4 is 5.32 Å². The quantitative estimate of drug-likeness (QED) is 0.775. The Kier molecular flexibility index (Phi) is 3.74. The molecule has 0 aliphatic heterocycles. The summed E-state index contributed by atoms with van der Waals surface area (Å²) in [5, 5.41) is 20.7. The second kappa shape index (κ2) is 5.48. The maximum absolute atomic E-state index is 10.8. The Hall–Kier alpha value is -2.76. The van der Waals surface area contributed by atoms with Crippen LogP contribution in [0.15, 0.2) is 34.7 Å². The Balaban J connectivity index is 2.06. The highest BCUT2D eigenvalue weighted by Crippen LogP contribution is 2.18. The average Bonchev–Trinajstić information content (AvgIpc) is 2.86. The lowest BCUT2D eigenvalue weighted by Gasteiger charge is -2.08. The van der Waals surface area contributed by atoms with Gasteiger partial charge in [-0.1, -0.05) is 0 Å². The van der Waals surface area contributed by atoms with E-state index in [0.717, 1.165) is 11.3 Å². The molecular weight excluding hydrogens is 262 g/mol. The van der Waals surface area contributed by atoms with Crippen LogP contribution in [0, 0.1) is 6.92 Å². The van der Waals surface area contributed by atoms with Crippen LogP contribution in [0.5, 0.6) is 0 Å². The number of anilines is 1. The van der Waals surface area contributed by atoms with Gasteiger partial charge in [-0.3, -0.25) is 0 Å². The van der Waals surface area contributed by atoms with Crippen molar-refractivity contribution in [3.8, 4) is 0 Å². The Morgan fingerprint density at radius 1 is 1.15 bits per heavy atom. The van der Waals surface area contributed by atoms with Crippen LogP contribution in [0.3, 0.4) is 0 Å². The molecule has 6 nitrogen and oxygen atoms in total. The predicted molar refractivity (Wildman–Crippen MR) is 71.1 cm³/mol. The van der Waals surface area contributed by atoms with Crippen molar-refractivity contribution in [2.45, 2.75) is 13.5 Å². The highest BCUT2D eigenvalue weighted by molar-refractivity contribution is 5.88. The monoisotopic (exact) mass is 275 g/mol. The van der Waals surface area contributed by atoms with E-state index >= 15 is 0 Å². The van der Waals surface area contributed by atoms with E-state index in [9.17, 15) is 9.59 Å². The number of carbonyl (C=O) groups is 2. The molecule has 0 unspecified atom stereocenters. The average molecular weight is 275 g/mol. The smallest absolute Gasteiger partial charge is 0.371 e. The minimum absolute atomic E-state index is 0.111. The third-order valence-electron chi connectivity index (χ3n) is 2.80. The van der Waals surface area contributed by atoms with Gasteiger partial charge in [-0.15, -0.1) is 0 Å². The number of nitrogens with one attached hydrogen (secondary N) is 1. The van der Waals surface area contributed by atoms with E-state index in [2.05, 4.69) is 5.32 Å². The molecule has 0 aliphatic carbocycles. The predicted octanol–water partition coefficient (Wildman–Crippen LogP) is 2.60. The van der Waals surface area contributed by atoms with E-state index in [1.165, 1.54) is 12.1 Å². The summed E-state index contributed by atoms with van der Waals surface area (Å²) in [7, 11) is 0. The first-order chi connectivity index (χ1) is 9.47. The van der Waals surface area contributed by atoms with Crippen LogP contribution in [0.4, 0.5) is 5.69 Å². The molecule has 3 N–H and O–H groups in total. The molecule has 0 fully saturated rings. The zero-order valence-electron chi connectivity index (χ0n) is 10.7. The summed E-state index contributed by atoms with van der Waals surface area (Å²) in [6.45, 7) is 2.11. The molecule has 104 valence electrons. The molecule has 0 aliphatic rings. The van der Waals surface area contributed by atoms with Crippen molar-refractivity contribution in [1.82, 2.24) is 0 Å². The van der Waals surface area contributed by atoms with Crippen LogP contribution >= 0.6 is 0 Å². The number of carboxylic acid groups (broad SMARTS) is 2. The van der Waals surface area contributed by atoms with E-state index < -0.39 is 11.9 Å². The summed E-state index contributed by atoms with van der Waals surface area (Å²) in [6.07, 6.45) is 0. The standard InChI is InChI=1S/C14H13NO5/c1-8-6-9(13(16)17)2-4-11(8)15-7-10-3-5-12(20-10)14(18)19/h2-6,15H,7H2,1H3,(H,16,17)(H,18,19). The maximum atomic E-state index is 10.8. The Morgan fingerprint density at radius 2 is 1.90 bits per heavy atom. The second-order valence-corrected chi connectivity index (χ2v) is 4.26. The lowest BCUT2D eigenvalue weighted by Crippen LogP contribution is -2.02. The molecule has 0 amide bonds. The van der Waals surface area contributed by atoms with Gasteiger partial charge in [0.25, 0.3) is 0 Å². The summed E-state index contributed by atoms with van der Waals surface area (Å²) < 4.78 is 5.11.